The van der Waals surface area contributed by atoms with Crippen molar-refractivity contribution >= 4 is 0 Å². The Morgan fingerprint density at radius 2 is 1.09 bits per heavy atom. The van der Waals surface area contributed by atoms with Gasteiger partial charge in [-0.25, -0.2) is 4.39 Å². The molecule has 0 unspecified atom stereocenters. The molecule has 1 aromatic rings. The largest absolute Gasteiger partial charge is 0.207 e. The van der Waals surface area contributed by atoms with Gasteiger partial charge in [-0.2, -0.15) is 0 Å². The van der Waals surface area contributed by atoms with Crippen molar-refractivity contribution in [1.29, 1.82) is 0 Å². The smallest absolute Gasteiger partial charge is 0.123 e. The van der Waals surface area contributed by atoms with Crippen LogP contribution >= 0.6 is 0 Å². The summed E-state index contributed by atoms with van der Waals surface area (Å²) < 4.78 is 13.5. The van der Waals surface area contributed by atoms with Crippen LogP contribution in [-0.4, -0.2) is 0 Å². The van der Waals surface area contributed by atoms with E-state index in [1.807, 2.05) is 0 Å². The first-order valence-corrected chi connectivity index (χ1v) is 14.4. The lowest BCUT2D eigenvalue weighted by Crippen LogP contribution is -2.29. The SMILES string of the molecule is CCCCCCCCCC1(CCCCC2(c3ccc(F)cc3)CCCCC2)CCCCC1. The van der Waals surface area contributed by atoms with E-state index in [9.17, 15) is 4.39 Å². The normalized spacial score (nSPS) is 20.3. The van der Waals surface area contributed by atoms with E-state index in [-0.39, 0.29) is 5.82 Å². The molecule has 0 aliphatic heterocycles. The van der Waals surface area contributed by atoms with Gasteiger partial charge in [-0.1, -0.05) is 115 Å². The summed E-state index contributed by atoms with van der Waals surface area (Å²) in [5.74, 6) is -0.0932. The number of hydrogen-bond donors (Lipinski definition) is 0. The van der Waals surface area contributed by atoms with E-state index in [0.717, 1.165) is 0 Å². The maximum atomic E-state index is 13.5. The summed E-state index contributed by atoms with van der Waals surface area (Å²) in [5.41, 5.74) is 2.40. The van der Waals surface area contributed by atoms with Crippen LogP contribution in [0.2, 0.25) is 0 Å². The average Bonchev–Trinajstić information content (AvgIpc) is 2.83. The molecule has 2 aliphatic rings. The molecule has 0 aromatic heterocycles. The fraction of sp³-hybridized carbons (Fsp3) is 0.806. The van der Waals surface area contributed by atoms with Crippen molar-refractivity contribution in [3.8, 4) is 0 Å². The zero-order valence-corrected chi connectivity index (χ0v) is 21.2. The van der Waals surface area contributed by atoms with Gasteiger partial charge in [0.1, 0.15) is 5.82 Å². The van der Waals surface area contributed by atoms with Crippen LogP contribution in [0, 0.1) is 11.2 Å². The van der Waals surface area contributed by atoms with Crippen molar-refractivity contribution in [1.82, 2.24) is 0 Å². The van der Waals surface area contributed by atoms with Crippen LogP contribution in [0.4, 0.5) is 4.39 Å². The molecule has 2 aliphatic carbocycles. The Morgan fingerprint density at radius 3 is 1.72 bits per heavy atom. The Labute approximate surface area is 199 Å². The lowest BCUT2D eigenvalue weighted by atomic mass is 9.65. The molecule has 2 saturated carbocycles. The van der Waals surface area contributed by atoms with Crippen LogP contribution in [0.5, 0.6) is 0 Å². The van der Waals surface area contributed by atoms with Gasteiger partial charge in [0.2, 0.25) is 0 Å². The first-order chi connectivity index (χ1) is 15.7. The Balaban J connectivity index is 1.47. The van der Waals surface area contributed by atoms with Gasteiger partial charge < -0.3 is 0 Å². The molecule has 0 atom stereocenters. The summed E-state index contributed by atoms with van der Waals surface area (Å²) in [6.45, 7) is 2.31. The van der Waals surface area contributed by atoms with E-state index in [2.05, 4.69) is 19.1 Å². The minimum absolute atomic E-state index is 0.0932. The van der Waals surface area contributed by atoms with Gasteiger partial charge >= 0.3 is 0 Å². The monoisotopic (exact) mass is 442 g/mol. The molecule has 0 heterocycles. The van der Waals surface area contributed by atoms with E-state index < -0.39 is 0 Å². The van der Waals surface area contributed by atoms with E-state index in [1.165, 1.54) is 147 Å². The van der Waals surface area contributed by atoms with Gasteiger partial charge in [-0.05, 0) is 73.5 Å². The second kappa shape index (κ2) is 13.8. The molecule has 182 valence electrons. The number of rotatable bonds is 14. The molecule has 0 saturated heterocycles. The van der Waals surface area contributed by atoms with Crippen molar-refractivity contribution in [3.05, 3.63) is 35.6 Å². The van der Waals surface area contributed by atoms with Crippen LogP contribution in [0.25, 0.3) is 0 Å². The van der Waals surface area contributed by atoms with Gasteiger partial charge in [0, 0.05) is 0 Å². The maximum Gasteiger partial charge on any atom is 0.123 e. The molecule has 1 aromatic carbocycles. The third kappa shape index (κ3) is 7.88. The second-order valence-corrected chi connectivity index (χ2v) is 11.5. The van der Waals surface area contributed by atoms with Crippen LogP contribution in [0.15, 0.2) is 24.3 Å². The lowest BCUT2D eigenvalue weighted by molar-refractivity contribution is 0.143. The summed E-state index contributed by atoms with van der Waals surface area (Å²) >= 11 is 0. The molecule has 0 radical (unpaired) electrons. The highest BCUT2D eigenvalue weighted by Crippen LogP contribution is 2.47. The van der Waals surface area contributed by atoms with Crippen LogP contribution < -0.4 is 0 Å². The minimum Gasteiger partial charge on any atom is -0.207 e. The molecule has 32 heavy (non-hydrogen) atoms. The lowest BCUT2D eigenvalue weighted by Gasteiger charge is -2.40. The molecule has 0 amide bonds. The highest BCUT2D eigenvalue weighted by atomic mass is 19.1. The van der Waals surface area contributed by atoms with Gasteiger partial charge in [-0.3, -0.25) is 0 Å². The molecule has 0 N–H and O–H groups in total. The molecule has 0 bridgehead atoms. The highest BCUT2D eigenvalue weighted by Gasteiger charge is 2.34. The molecular weight excluding hydrogens is 391 g/mol. The number of benzene rings is 1. The fourth-order valence-electron chi connectivity index (χ4n) is 7.06. The molecule has 0 nitrogen and oxygen atoms in total. The second-order valence-electron chi connectivity index (χ2n) is 11.5. The van der Waals surface area contributed by atoms with Gasteiger partial charge in [0.25, 0.3) is 0 Å². The molecule has 2 fully saturated rings. The third-order valence-electron chi connectivity index (χ3n) is 9.10. The summed E-state index contributed by atoms with van der Waals surface area (Å²) in [6, 6.07) is 7.55. The summed E-state index contributed by atoms with van der Waals surface area (Å²) in [7, 11) is 0. The number of unbranched alkanes of at least 4 members (excludes halogenated alkanes) is 7. The minimum atomic E-state index is -0.0932. The van der Waals surface area contributed by atoms with Crippen molar-refractivity contribution in [3.63, 3.8) is 0 Å². The van der Waals surface area contributed by atoms with Gasteiger partial charge in [-0.15, -0.1) is 0 Å². The van der Waals surface area contributed by atoms with Crippen molar-refractivity contribution < 1.29 is 4.39 Å². The van der Waals surface area contributed by atoms with E-state index in [1.54, 1.807) is 12.1 Å². The quantitative estimate of drug-likeness (QED) is 0.251. The van der Waals surface area contributed by atoms with Crippen LogP contribution in [-0.2, 0) is 5.41 Å². The molecule has 0 spiro atoms. The molecule has 3 rings (SSSR count). The Bertz CT molecular complexity index is 604. The third-order valence-corrected chi connectivity index (χ3v) is 9.10. The highest BCUT2D eigenvalue weighted by molar-refractivity contribution is 5.26. The zero-order valence-electron chi connectivity index (χ0n) is 21.2. The van der Waals surface area contributed by atoms with Crippen LogP contribution in [0.3, 0.4) is 0 Å². The Kier molecular flexibility index (Phi) is 11.1. The number of halogens is 1. The van der Waals surface area contributed by atoms with Crippen molar-refractivity contribution in [2.45, 2.75) is 154 Å². The number of hydrogen-bond acceptors (Lipinski definition) is 0. The fourth-order valence-corrected chi connectivity index (χ4v) is 7.06. The predicted octanol–water partition coefficient (Wildman–Crippen LogP) is 10.7. The molecule has 1 heteroatoms. The van der Waals surface area contributed by atoms with Gasteiger partial charge in [0.15, 0.2) is 0 Å². The van der Waals surface area contributed by atoms with Crippen molar-refractivity contribution in [2.24, 2.45) is 5.41 Å². The topological polar surface area (TPSA) is 0 Å². The summed E-state index contributed by atoms with van der Waals surface area (Å²) in [4.78, 5) is 0. The standard InChI is InChI=1S/C31H51F/c1-2-3-4-5-6-7-10-21-30(22-11-8-12-23-30)24-15-16-27-31(25-13-9-14-26-31)28-17-19-29(32)20-18-28/h17-20H,2-16,21-27H2,1H3. The summed E-state index contributed by atoms with van der Waals surface area (Å²) in [6.07, 6.45) is 31.1. The molecular formula is C31H51F. The van der Waals surface area contributed by atoms with E-state index >= 15 is 0 Å². The van der Waals surface area contributed by atoms with Gasteiger partial charge in [0.05, 0.1) is 0 Å². The van der Waals surface area contributed by atoms with Crippen molar-refractivity contribution in [2.75, 3.05) is 0 Å². The summed E-state index contributed by atoms with van der Waals surface area (Å²) in [5, 5.41) is 0. The average molecular weight is 443 g/mol. The Hall–Kier alpha value is -0.850. The maximum absolute atomic E-state index is 13.5. The Morgan fingerprint density at radius 1 is 0.594 bits per heavy atom. The van der Waals surface area contributed by atoms with Crippen LogP contribution in [0.1, 0.15) is 154 Å². The first-order valence-electron chi connectivity index (χ1n) is 14.4. The van der Waals surface area contributed by atoms with E-state index in [4.69, 9.17) is 0 Å². The van der Waals surface area contributed by atoms with E-state index in [0.29, 0.717) is 10.8 Å². The predicted molar refractivity (Wildman–Crippen MR) is 138 cm³/mol. The zero-order chi connectivity index (χ0) is 22.5. The first kappa shape index (κ1) is 25.8.